The molecule has 2 aromatic carbocycles. The first-order valence-corrected chi connectivity index (χ1v) is 10.9. The van der Waals surface area contributed by atoms with E-state index in [0.29, 0.717) is 23.0 Å². The second-order valence-electron chi connectivity index (χ2n) is 7.46. The van der Waals surface area contributed by atoms with Crippen LogP contribution < -0.4 is 4.74 Å². The zero-order valence-corrected chi connectivity index (χ0v) is 18.3. The Hall–Kier alpha value is -3.65. The minimum absolute atomic E-state index is 0.223. The number of aryl methyl sites for hydroxylation is 1. The summed E-state index contributed by atoms with van der Waals surface area (Å²) in [4.78, 5) is 34.2. The minimum Gasteiger partial charge on any atom is -0.487 e. The maximum atomic E-state index is 12.3. The number of hydrogen-bond donors (Lipinski definition) is 0. The van der Waals surface area contributed by atoms with Crippen molar-refractivity contribution in [2.75, 3.05) is 7.05 Å². The van der Waals surface area contributed by atoms with E-state index in [1.807, 2.05) is 61.5 Å². The van der Waals surface area contributed by atoms with Crippen molar-refractivity contribution < 1.29 is 18.7 Å². The summed E-state index contributed by atoms with van der Waals surface area (Å²) in [5, 5.41) is 0.0749. The normalized spacial score (nSPS) is 16.2. The molecule has 4 aromatic rings. The summed E-state index contributed by atoms with van der Waals surface area (Å²) in [6, 6.07) is 17.2. The highest BCUT2D eigenvalue weighted by Gasteiger charge is 2.38. The number of nitrogens with zero attached hydrogens (tertiary/aromatic N) is 3. The number of carbonyl (C=O) groups is 2. The number of oxazole rings is 1. The second-order valence-corrected chi connectivity index (χ2v) is 8.52. The third-order valence-corrected chi connectivity index (χ3v) is 6.50. The first-order valence-electron chi connectivity index (χ1n) is 10.0. The Morgan fingerprint density at radius 3 is 2.69 bits per heavy atom. The smallest absolute Gasteiger partial charge is 0.289 e. The molecule has 0 aliphatic carbocycles. The lowest BCUT2D eigenvalue weighted by Crippen LogP contribution is -2.24. The standard InChI is InChI=1S/C24H19N3O4S/c1-14-20(26-22(31-14)15-6-4-3-5-7-15)13-30-18-9-8-16-10-17(12-25-19(16)11-18)21-23(28)27(2)24(29)32-21/h3-12,21H,13H2,1-2H3. The molecule has 2 aromatic heterocycles. The molecule has 3 heterocycles. The number of carbonyl (C=O) groups excluding carboxylic acids is 2. The molecule has 0 N–H and O–H groups in total. The molecule has 0 saturated carbocycles. The molecule has 0 spiro atoms. The van der Waals surface area contributed by atoms with E-state index in [1.54, 1.807) is 6.20 Å². The molecule has 5 rings (SSSR count). The zero-order valence-electron chi connectivity index (χ0n) is 17.4. The highest BCUT2D eigenvalue weighted by Crippen LogP contribution is 2.39. The monoisotopic (exact) mass is 445 g/mol. The highest BCUT2D eigenvalue weighted by atomic mass is 32.2. The van der Waals surface area contributed by atoms with Crippen LogP contribution in [-0.4, -0.2) is 33.1 Å². The predicted molar refractivity (Wildman–Crippen MR) is 121 cm³/mol. The second kappa shape index (κ2) is 8.12. The van der Waals surface area contributed by atoms with E-state index in [2.05, 4.69) is 9.97 Å². The topological polar surface area (TPSA) is 85.5 Å². The summed E-state index contributed by atoms with van der Waals surface area (Å²) in [5.74, 6) is 1.71. The van der Waals surface area contributed by atoms with E-state index < -0.39 is 5.25 Å². The predicted octanol–water partition coefficient (Wildman–Crippen LogP) is 5.14. The number of hydrogen-bond acceptors (Lipinski definition) is 7. The maximum Gasteiger partial charge on any atom is 0.289 e. The maximum absolute atomic E-state index is 12.3. The van der Waals surface area contributed by atoms with E-state index in [0.717, 1.165) is 38.8 Å². The van der Waals surface area contributed by atoms with Gasteiger partial charge in [0.15, 0.2) is 0 Å². The molecule has 0 radical (unpaired) electrons. The lowest BCUT2D eigenvalue weighted by Gasteiger charge is -2.10. The average molecular weight is 446 g/mol. The van der Waals surface area contributed by atoms with Crippen molar-refractivity contribution in [2.45, 2.75) is 18.8 Å². The van der Waals surface area contributed by atoms with Crippen molar-refractivity contribution in [3.8, 4) is 17.2 Å². The lowest BCUT2D eigenvalue weighted by molar-refractivity contribution is -0.125. The first kappa shape index (κ1) is 20.3. The van der Waals surface area contributed by atoms with Crippen LogP contribution in [0.4, 0.5) is 4.79 Å². The molecule has 8 heteroatoms. The number of aromatic nitrogens is 2. The Morgan fingerprint density at radius 1 is 1.12 bits per heavy atom. The van der Waals surface area contributed by atoms with Crippen LogP contribution in [0.15, 0.2) is 65.2 Å². The number of fused-ring (bicyclic) bond motifs is 1. The Kier molecular flexibility index (Phi) is 5.14. The molecule has 0 bridgehead atoms. The summed E-state index contributed by atoms with van der Waals surface area (Å²) >= 11 is 1.01. The van der Waals surface area contributed by atoms with E-state index in [4.69, 9.17) is 9.15 Å². The third kappa shape index (κ3) is 3.73. The fraction of sp³-hybridized carbons (Fsp3) is 0.167. The van der Waals surface area contributed by atoms with Gasteiger partial charge >= 0.3 is 0 Å². The van der Waals surface area contributed by atoms with Crippen molar-refractivity contribution in [3.05, 3.63) is 77.8 Å². The summed E-state index contributed by atoms with van der Waals surface area (Å²) < 4.78 is 11.7. The van der Waals surface area contributed by atoms with Gasteiger partial charge < -0.3 is 9.15 Å². The van der Waals surface area contributed by atoms with E-state index in [1.165, 1.54) is 7.05 Å². The number of ether oxygens (including phenoxy) is 1. The zero-order chi connectivity index (χ0) is 22.2. The molecule has 160 valence electrons. The number of rotatable bonds is 5. The fourth-order valence-electron chi connectivity index (χ4n) is 3.48. The largest absolute Gasteiger partial charge is 0.487 e. The summed E-state index contributed by atoms with van der Waals surface area (Å²) in [7, 11) is 1.50. The van der Waals surface area contributed by atoms with Gasteiger partial charge in [-0.2, -0.15) is 0 Å². The number of thioether (sulfide) groups is 1. The molecule has 1 aliphatic heterocycles. The SMILES string of the molecule is Cc1oc(-c2ccccc2)nc1COc1ccc2cc(C3SC(=O)N(C)C3=O)cnc2c1. The van der Waals surface area contributed by atoms with Crippen molar-refractivity contribution in [3.63, 3.8) is 0 Å². The third-order valence-electron chi connectivity index (χ3n) is 5.32. The Morgan fingerprint density at radius 2 is 1.94 bits per heavy atom. The van der Waals surface area contributed by atoms with Gasteiger partial charge in [0, 0.05) is 30.3 Å². The van der Waals surface area contributed by atoms with Crippen LogP contribution in [0.2, 0.25) is 0 Å². The van der Waals surface area contributed by atoms with Crippen LogP contribution in [0.1, 0.15) is 22.3 Å². The highest BCUT2D eigenvalue weighted by molar-refractivity contribution is 8.14. The van der Waals surface area contributed by atoms with Gasteiger partial charge in [0.05, 0.1) is 5.52 Å². The van der Waals surface area contributed by atoms with Crippen molar-refractivity contribution >= 4 is 33.8 Å². The molecule has 1 atom stereocenters. The summed E-state index contributed by atoms with van der Waals surface area (Å²) in [6.45, 7) is 2.14. The van der Waals surface area contributed by atoms with Crippen LogP contribution in [0.5, 0.6) is 5.75 Å². The number of amides is 2. The molecule has 7 nitrogen and oxygen atoms in total. The first-order chi connectivity index (χ1) is 15.5. The molecule has 1 saturated heterocycles. The molecule has 1 aliphatic rings. The number of imide groups is 1. The van der Waals surface area contributed by atoms with Gasteiger partial charge in [-0.3, -0.25) is 19.5 Å². The molecule has 32 heavy (non-hydrogen) atoms. The summed E-state index contributed by atoms with van der Waals surface area (Å²) in [6.07, 6.45) is 1.64. The van der Waals surface area contributed by atoms with Crippen LogP contribution in [-0.2, 0) is 11.4 Å². The fourth-order valence-corrected chi connectivity index (χ4v) is 4.45. The van der Waals surface area contributed by atoms with Gasteiger partial charge in [-0.1, -0.05) is 18.2 Å². The molecule has 1 fully saturated rings. The number of likely N-dealkylation sites (N-methyl/N-ethyl adjacent to an activating group) is 1. The van der Waals surface area contributed by atoms with Crippen LogP contribution in [0.25, 0.3) is 22.4 Å². The van der Waals surface area contributed by atoms with E-state index >= 15 is 0 Å². The van der Waals surface area contributed by atoms with E-state index in [-0.39, 0.29) is 17.8 Å². The van der Waals surface area contributed by atoms with Crippen molar-refractivity contribution in [1.82, 2.24) is 14.9 Å². The van der Waals surface area contributed by atoms with Gasteiger partial charge in [0.25, 0.3) is 5.24 Å². The van der Waals surface area contributed by atoms with Gasteiger partial charge in [-0.05, 0) is 54.6 Å². The van der Waals surface area contributed by atoms with Gasteiger partial charge in [0.1, 0.15) is 29.1 Å². The van der Waals surface area contributed by atoms with Crippen LogP contribution in [0, 0.1) is 6.92 Å². The van der Waals surface area contributed by atoms with Crippen LogP contribution >= 0.6 is 11.8 Å². The van der Waals surface area contributed by atoms with Gasteiger partial charge in [0.2, 0.25) is 11.8 Å². The summed E-state index contributed by atoms with van der Waals surface area (Å²) in [5.41, 5.74) is 3.10. The van der Waals surface area contributed by atoms with Crippen molar-refractivity contribution in [2.24, 2.45) is 0 Å². The lowest BCUT2D eigenvalue weighted by atomic mass is 10.1. The Balaban J connectivity index is 1.32. The molecule has 2 amide bonds. The Bertz CT molecular complexity index is 1340. The Labute approximate surface area is 188 Å². The van der Waals surface area contributed by atoms with Gasteiger partial charge in [-0.15, -0.1) is 0 Å². The quantitative estimate of drug-likeness (QED) is 0.420. The number of pyridine rings is 1. The van der Waals surface area contributed by atoms with Crippen molar-refractivity contribution in [1.29, 1.82) is 0 Å². The van der Waals surface area contributed by atoms with Crippen LogP contribution in [0.3, 0.4) is 0 Å². The molecular weight excluding hydrogens is 426 g/mol. The number of benzene rings is 2. The van der Waals surface area contributed by atoms with E-state index in [9.17, 15) is 9.59 Å². The van der Waals surface area contributed by atoms with Gasteiger partial charge in [-0.25, -0.2) is 4.98 Å². The molecular formula is C24H19N3O4S. The minimum atomic E-state index is -0.547. The molecule has 1 unspecified atom stereocenters. The average Bonchev–Trinajstić information content (AvgIpc) is 3.32.